The zero-order valence-corrected chi connectivity index (χ0v) is 13.7. The Kier molecular flexibility index (Phi) is 4.42. The maximum absolute atomic E-state index is 12.3. The number of carbonyl (C=O) groups excluding carboxylic acids is 1. The van der Waals surface area contributed by atoms with E-state index in [-0.39, 0.29) is 10.8 Å². The van der Waals surface area contributed by atoms with E-state index in [0.717, 1.165) is 25.9 Å². The molecule has 0 N–H and O–H groups in total. The largest absolute Gasteiger partial charge is 0.339 e. The van der Waals surface area contributed by atoms with Gasteiger partial charge in [-0.2, -0.15) is 0 Å². The van der Waals surface area contributed by atoms with Gasteiger partial charge in [0.05, 0.1) is 9.64 Å². The molecule has 5 heteroatoms. The van der Waals surface area contributed by atoms with Crippen LogP contribution in [0, 0.1) is 0 Å². The van der Waals surface area contributed by atoms with E-state index >= 15 is 0 Å². The van der Waals surface area contributed by atoms with Crippen molar-refractivity contribution in [3.05, 3.63) is 29.8 Å². The zero-order chi connectivity index (χ0) is 15.7. The Bertz CT molecular complexity index is 606. The summed E-state index contributed by atoms with van der Waals surface area (Å²) >= 11 is 0. The SMILES string of the molecule is CC(C)(C)S(=O)(=O)c1ccc(C(=O)N2CCCCC2)cc1. The number of likely N-dealkylation sites (tertiary alicyclic amines) is 1. The van der Waals surface area contributed by atoms with E-state index in [0.29, 0.717) is 5.56 Å². The Morgan fingerprint density at radius 2 is 1.52 bits per heavy atom. The van der Waals surface area contributed by atoms with Crippen LogP contribution in [-0.2, 0) is 9.84 Å². The van der Waals surface area contributed by atoms with Gasteiger partial charge in [-0.05, 0) is 64.3 Å². The molecule has 0 spiro atoms. The van der Waals surface area contributed by atoms with Crippen molar-refractivity contribution in [2.24, 2.45) is 0 Å². The molecule has 1 aromatic carbocycles. The molecule has 0 aromatic heterocycles. The van der Waals surface area contributed by atoms with E-state index in [1.807, 2.05) is 4.90 Å². The Morgan fingerprint density at radius 3 is 2.00 bits per heavy atom. The van der Waals surface area contributed by atoms with Crippen molar-refractivity contribution >= 4 is 15.7 Å². The van der Waals surface area contributed by atoms with Crippen LogP contribution in [0.1, 0.15) is 50.4 Å². The molecule has 0 aliphatic carbocycles. The maximum atomic E-state index is 12.3. The number of hydrogen-bond acceptors (Lipinski definition) is 3. The highest BCUT2D eigenvalue weighted by Gasteiger charge is 2.31. The lowest BCUT2D eigenvalue weighted by atomic mass is 10.1. The molecule has 1 amide bonds. The Balaban J connectivity index is 2.21. The van der Waals surface area contributed by atoms with E-state index in [4.69, 9.17) is 0 Å². The highest BCUT2D eigenvalue weighted by molar-refractivity contribution is 7.92. The van der Waals surface area contributed by atoms with Crippen LogP contribution in [-0.4, -0.2) is 37.1 Å². The molecule has 4 nitrogen and oxygen atoms in total. The van der Waals surface area contributed by atoms with Crippen molar-refractivity contribution in [2.75, 3.05) is 13.1 Å². The molecular weight excluding hydrogens is 286 g/mol. The summed E-state index contributed by atoms with van der Waals surface area (Å²) in [5.74, 6) is -0.00518. The molecule has 0 bridgehead atoms. The molecule has 1 fully saturated rings. The molecule has 1 heterocycles. The van der Waals surface area contributed by atoms with Crippen LogP contribution in [0.4, 0.5) is 0 Å². The number of hydrogen-bond donors (Lipinski definition) is 0. The molecule has 0 atom stereocenters. The van der Waals surface area contributed by atoms with Crippen molar-refractivity contribution in [1.29, 1.82) is 0 Å². The molecule has 0 unspecified atom stereocenters. The van der Waals surface area contributed by atoms with Gasteiger partial charge in [0, 0.05) is 18.7 Å². The predicted octanol–water partition coefficient (Wildman–Crippen LogP) is 2.88. The normalized spacial score (nSPS) is 16.8. The van der Waals surface area contributed by atoms with E-state index in [1.54, 1.807) is 32.9 Å². The van der Waals surface area contributed by atoms with Gasteiger partial charge in [0.2, 0.25) is 0 Å². The molecule has 1 aromatic rings. The quantitative estimate of drug-likeness (QED) is 0.844. The predicted molar refractivity (Wildman–Crippen MR) is 83.1 cm³/mol. The molecule has 21 heavy (non-hydrogen) atoms. The number of amides is 1. The van der Waals surface area contributed by atoms with Gasteiger partial charge in [0.1, 0.15) is 0 Å². The Labute approximate surface area is 127 Å². The second kappa shape index (κ2) is 5.79. The first-order chi connectivity index (χ1) is 9.73. The van der Waals surface area contributed by atoms with E-state index in [9.17, 15) is 13.2 Å². The third-order valence-electron chi connectivity index (χ3n) is 3.86. The number of sulfone groups is 1. The van der Waals surface area contributed by atoms with Gasteiger partial charge >= 0.3 is 0 Å². The second-order valence-corrected chi connectivity index (χ2v) is 9.20. The summed E-state index contributed by atoms with van der Waals surface area (Å²) in [6, 6.07) is 6.32. The van der Waals surface area contributed by atoms with Crippen molar-refractivity contribution < 1.29 is 13.2 Å². The highest BCUT2D eigenvalue weighted by Crippen LogP contribution is 2.25. The van der Waals surface area contributed by atoms with Crippen molar-refractivity contribution in [1.82, 2.24) is 4.90 Å². The van der Waals surface area contributed by atoms with E-state index in [1.165, 1.54) is 18.6 Å². The molecule has 0 radical (unpaired) electrons. The Morgan fingerprint density at radius 1 is 1.00 bits per heavy atom. The minimum absolute atomic E-state index is 0.00518. The summed E-state index contributed by atoms with van der Waals surface area (Å²) in [6.07, 6.45) is 3.26. The fourth-order valence-corrected chi connectivity index (χ4v) is 3.61. The van der Waals surface area contributed by atoms with Gasteiger partial charge in [-0.25, -0.2) is 8.42 Å². The molecule has 1 saturated heterocycles. The third kappa shape index (κ3) is 3.28. The lowest BCUT2D eigenvalue weighted by Crippen LogP contribution is -2.35. The molecule has 1 aliphatic heterocycles. The van der Waals surface area contributed by atoms with Gasteiger partial charge in [0.15, 0.2) is 9.84 Å². The van der Waals surface area contributed by atoms with Crippen LogP contribution in [0.25, 0.3) is 0 Å². The number of benzene rings is 1. The summed E-state index contributed by atoms with van der Waals surface area (Å²) < 4.78 is 23.8. The fourth-order valence-electron chi connectivity index (χ4n) is 2.41. The minimum Gasteiger partial charge on any atom is -0.339 e. The van der Waals surface area contributed by atoms with Crippen molar-refractivity contribution in [3.8, 4) is 0 Å². The first-order valence-electron chi connectivity index (χ1n) is 7.37. The summed E-state index contributed by atoms with van der Waals surface area (Å²) in [7, 11) is -3.37. The standard InChI is InChI=1S/C16H23NO3S/c1-16(2,3)21(19,20)14-9-7-13(8-10-14)15(18)17-11-5-4-6-12-17/h7-10H,4-6,11-12H2,1-3H3. The zero-order valence-electron chi connectivity index (χ0n) is 12.9. The fraction of sp³-hybridized carbons (Fsp3) is 0.562. The summed E-state index contributed by atoms with van der Waals surface area (Å²) in [5, 5.41) is 0. The average molecular weight is 309 g/mol. The highest BCUT2D eigenvalue weighted by atomic mass is 32.2. The molecule has 0 saturated carbocycles. The van der Waals surface area contributed by atoms with Crippen LogP contribution in [0.2, 0.25) is 0 Å². The van der Waals surface area contributed by atoms with Crippen LogP contribution in [0.5, 0.6) is 0 Å². The van der Waals surface area contributed by atoms with Crippen LogP contribution in [0.3, 0.4) is 0 Å². The first-order valence-corrected chi connectivity index (χ1v) is 8.86. The first kappa shape index (κ1) is 16.0. The summed E-state index contributed by atoms with van der Waals surface area (Å²) in [4.78, 5) is 14.4. The van der Waals surface area contributed by atoms with Gasteiger partial charge in [-0.15, -0.1) is 0 Å². The smallest absolute Gasteiger partial charge is 0.253 e. The lowest BCUT2D eigenvalue weighted by Gasteiger charge is -2.27. The van der Waals surface area contributed by atoms with Gasteiger partial charge < -0.3 is 4.90 Å². The van der Waals surface area contributed by atoms with Crippen LogP contribution in [0.15, 0.2) is 29.2 Å². The van der Waals surface area contributed by atoms with Gasteiger partial charge in [-0.1, -0.05) is 0 Å². The van der Waals surface area contributed by atoms with Crippen molar-refractivity contribution in [3.63, 3.8) is 0 Å². The van der Waals surface area contributed by atoms with Crippen LogP contribution >= 0.6 is 0 Å². The van der Waals surface area contributed by atoms with Crippen molar-refractivity contribution in [2.45, 2.75) is 49.7 Å². The average Bonchev–Trinajstić information content (AvgIpc) is 2.46. The second-order valence-electron chi connectivity index (χ2n) is 6.49. The van der Waals surface area contributed by atoms with E-state index in [2.05, 4.69) is 0 Å². The number of nitrogens with zero attached hydrogens (tertiary/aromatic N) is 1. The molecular formula is C16H23NO3S. The topological polar surface area (TPSA) is 54.5 Å². The lowest BCUT2D eigenvalue weighted by molar-refractivity contribution is 0.0724. The third-order valence-corrected chi connectivity index (χ3v) is 6.37. The summed E-state index contributed by atoms with van der Waals surface area (Å²) in [5.41, 5.74) is 0.560. The molecule has 1 aliphatic rings. The Hall–Kier alpha value is -1.36. The van der Waals surface area contributed by atoms with Gasteiger partial charge in [0.25, 0.3) is 5.91 Å². The maximum Gasteiger partial charge on any atom is 0.253 e. The number of carbonyl (C=O) groups is 1. The number of rotatable bonds is 2. The van der Waals surface area contributed by atoms with E-state index < -0.39 is 14.6 Å². The minimum atomic E-state index is -3.37. The molecule has 2 rings (SSSR count). The van der Waals surface area contributed by atoms with Gasteiger partial charge in [-0.3, -0.25) is 4.79 Å². The summed E-state index contributed by atoms with van der Waals surface area (Å²) in [6.45, 7) is 6.61. The molecule has 116 valence electrons. The van der Waals surface area contributed by atoms with Crippen LogP contribution < -0.4 is 0 Å². The number of piperidine rings is 1. The monoisotopic (exact) mass is 309 g/mol.